The summed E-state index contributed by atoms with van der Waals surface area (Å²) in [4.78, 5) is 10.9. The highest BCUT2D eigenvalue weighted by Gasteiger charge is 2.17. The van der Waals surface area contributed by atoms with Crippen molar-refractivity contribution in [2.45, 2.75) is 19.8 Å². The first kappa shape index (κ1) is 9.57. The number of piperidine rings is 1. The largest absolute Gasteiger partial charge is 0.356 e. The summed E-state index contributed by atoms with van der Waals surface area (Å²) < 4.78 is 1.69. The van der Waals surface area contributed by atoms with E-state index in [9.17, 15) is 0 Å². The van der Waals surface area contributed by atoms with Crippen LogP contribution in [0.5, 0.6) is 0 Å². The predicted octanol–water partition coefficient (Wildman–Crippen LogP) is 1.36. The molecule has 5 heteroatoms. The van der Waals surface area contributed by atoms with E-state index in [1.165, 1.54) is 19.2 Å². The van der Waals surface area contributed by atoms with Gasteiger partial charge in [-0.1, -0.05) is 6.92 Å². The lowest BCUT2D eigenvalue weighted by molar-refractivity contribution is 0.436. The van der Waals surface area contributed by atoms with E-state index in [0.29, 0.717) is 5.78 Å². The fourth-order valence-electron chi connectivity index (χ4n) is 2.12. The zero-order valence-electron chi connectivity index (χ0n) is 9.37. The Morgan fingerprint density at radius 1 is 1.31 bits per heavy atom. The van der Waals surface area contributed by atoms with Gasteiger partial charge in [-0.15, -0.1) is 0 Å². The fourth-order valence-corrected chi connectivity index (χ4v) is 2.12. The molecule has 3 rings (SSSR count). The highest BCUT2D eigenvalue weighted by Crippen LogP contribution is 2.21. The smallest absolute Gasteiger partial charge is 0.254 e. The number of hydrogen-bond donors (Lipinski definition) is 0. The van der Waals surface area contributed by atoms with Crippen LogP contribution in [-0.4, -0.2) is 32.7 Å². The van der Waals surface area contributed by atoms with Gasteiger partial charge < -0.3 is 4.90 Å². The molecule has 0 spiro atoms. The van der Waals surface area contributed by atoms with E-state index in [1.807, 2.05) is 12.3 Å². The van der Waals surface area contributed by atoms with Crippen LogP contribution < -0.4 is 4.90 Å². The highest BCUT2D eigenvalue weighted by molar-refractivity contribution is 5.43. The summed E-state index contributed by atoms with van der Waals surface area (Å²) in [7, 11) is 0. The number of hydrogen-bond acceptors (Lipinski definition) is 4. The van der Waals surface area contributed by atoms with Gasteiger partial charge in [-0.05, 0) is 24.8 Å². The lowest BCUT2D eigenvalue weighted by atomic mass is 9.99. The Balaban J connectivity index is 1.87. The van der Waals surface area contributed by atoms with Gasteiger partial charge in [0.25, 0.3) is 5.78 Å². The van der Waals surface area contributed by atoms with Gasteiger partial charge in [-0.2, -0.15) is 15.1 Å². The monoisotopic (exact) mass is 217 g/mol. The van der Waals surface area contributed by atoms with E-state index < -0.39 is 0 Å². The summed E-state index contributed by atoms with van der Waals surface area (Å²) in [5, 5.41) is 4.04. The maximum absolute atomic E-state index is 4.50. The molecule has 0 radical (unpaired) electrons. The van der Waals surface area contributed by atoms with Crippen LogP contribution in [0.15, 0.2) is 18.6 Å². The van der Waals surface area contributed by atoms with Crippen LogP contribution >= 0.6 is 0 Å². The minimum atomic E-state index is 0.677. The van der Waals surface area contributed by atoms with Crippen molar-refractivity contribution in [1.82, 2.24) is 19.6 Å². The van der Waals surface area contributed by atoms with Crippen LogP contribution in [0.3, 0.4) is 0 Å². The molecule has 0 aliphatic carbocycles. The van der Waals surface area contributed by atoms with Crippen LogP contribution in [0, 0.1) is 5.92 Å². The third-order valence-electron chi connectivity index (χ3n) is 3.24. The Hall–Kier alpha value is -1.65. The fraction of sp³-hybridized carbons (Fsp3) is 0.545. The summed E-state index contributed by atoms with van der Waals surface area (Å²) in [6.45, 7) is 4.50. The molecule has 84 valence electrons. The first-order valence-electron chi connectivity index (χ1n) is 5.74. The van der Waals surface area contributed by atoms with Crippen LogP contribution in [0.25, 0.3) is 5.78 Å². The van der Waals surface area contributed by atoms with Crippen molar-refractivity contribution in [2.75, 3.05) is 18.0 Å². The molecule has 0 saturated carbocycles. The maximum atomic E-state index is 4.50. The molecule has 1 saturated heterocycles. The number of rotatable bonds is 1. The van der Waals surface area contributed by atoms with Crippen LogP contribution in [-0.2, 0) is 0 Å². The van der Waals surface area contributed by atoms with Crippen molar-refractivity contribution in [3.8, 4) is 0 Å². The Morgan fingerprint density at radius 2 is 2.12 bits per heavy atom. The second kappa shape index (κ2) is 3.73. The zero-order chi connectivity index (χ0) is 11.0. The van der Waals surface area contributed by atoms with Crippen molar-refractivity contribution in [3.63, 3.8) is 0 Å². The summed E-state index contributed by atoms with van der Waals surface area (Å²) in [5.74, 6) is 2.54. The molecule has 1 aliphatic rings. The third kappa shape index (κ3) is 1.62. The first-order chi connectivity index (χ1) is 7.83. The standard InChI is InChI=1S/C11H15N5/c1-9-2-5-15(6-3-9)10-4-7-16-11(14-10)12-8-13-16/h4,7-9H,2-3,5-6H2,1H3. The number of anilines is 1. The lowest BCUT2D eigenvalue weighted by Crippen LogP contribution is -2.33. The van der Waals surface area contributed by atoms with E-state index >= 15 is 0 Å². The van der Waals surface area contributed by atoms with E-state index in [1.54, 1.807) is 4.52 Å². The first-order valence-corrected chi connectivity index (χ1v) is 5.74. The summed E-state index contributed by atoms with van der Waals surface area (Å²) in [6.07, 6.45) is 5.95. The minimum Gasteiger partial charge on any atom is -0.356 e. The second-order valence-electron chi connectivity index (χ2n) is 4.46. The molecule has 0 atom stereocenters. The quantitative estimate of drug-likeness (QED) is 0.723. The van der Waals surface area contributed by atoms with Gasteiger partial charge in [0.15, 0.2) is 0 Å². The average molecular weight is 217 g/mol. The lowest BCUT2D eigenvalue weighted by Gasteiger charge is -2.30. The number of aromatic nitrogens is 4. The van der Waals surface area contributed by atoms with Gasteiger partial charge >= 0.3 is 0 Å². The molecule has 5 nitrogen and oxygen atoms in total. The van der Waals surface area contributed by atoms with E-state index in [4.69, 9.17) is 0 Å². The average Bonchev–Trinajstić information content (AvgIpc) is 2.77. The van der Waals surface area contributed by atoms with E-state index in [-0.39, 0.29) is 0 Å². The van der Waals surface area contributed by atoms with Gasteiger partial charge in [0, 0.05) is 19.3 Å². The molecule has 0 N–H and O–H groups in total. The van der Waals surface area contributed by atoms with Crippen LogP contribution in [0.2, 0.25) is 0 Å². The molecule has 16 heavy (non-hydrogen) atoms. The van der Waals surface area contributed by atoms with Crippen molar-refractivity contribution in [1.29, 1.82) is 0 Å². The van der Waals surface area contributed by atoms with Crippen LogP contribution in [0.1, 0.15) is 19.8 Å². The van der Waals surface area contributed by atoms with Crippen molar-refractivity contribution < 1.29 is 0 Å². The SMILES string of the molecule is CC1CCN(c2ccn3ncnc3n2)CC1. The molecule has 0 bridgehead atoms. The topological polar surface area (TPSA) is 46.3 Å². The Kier molecular flexibility index (Phi) is 2.23. The van der Waals surface area contributed by atoms with E-state index in [2.05, 4.69) is 26.9 Å². The van der Waals surface area contributed by atoms with Gasteiger partial charge in [-0.3, -0.25) is 0 Å². The van der Waals surface area contributed by atoms with E-state index in [0.717, 1.165) is 24.8 Å². The summed E-state index contributed by atoms with van der Waals surface area (Å²) in [5.41, 5.74) is 0. The Labute approximate surface area is 94.1 Å². The van der Waals surface area contributed by atoms with Gasteiger partial charge in [0.2, 0.25) is 0 Å². The van der Waals surface area contributed by atoms with Gasteiger partial charge in [0.1, 0.15) is 12.1 Å². The predicted molar refractivity (Wildman–Crippen MR) is 61.4 cm³/mol. The number of nitrogens with zero attached hydrogens (tertiary/aromatic N) is 5. The molecule has 3 heterocycles. The van der Waals surface area contributed by atoms with Gasteiger partial charge in [0.05, 0.1) is 0 Å². The normalized spacial score (nSPS) is 18.2. The Bertz CT molecular complexity index is 484. The van der Waals surface area contributed by atoms with Crippen LogP contribution in [0.4, 0.5) is 5.82 Å². The van der Waals surface area contributed by atoms with Gasteiger partial charge in [-0.25, -0.2) is 4.52 Å². The Morgan fingerprint density at radius 3 is 2.94 bits per heavy atom. The molecule has 0 unspecified atom stereocenters. The molecule has 2 aromatic rings. The molecule has 0 aromatic carbocycles. The molecular weight excluding hydrogens is 202 g/mol. The second-order valence-corrected chi connectivity index (χ2v) is 4.46. The molecular formula is C11H15N5. The molecule has 2 aromatic heterocycles. The van der Waals surface area contributed by atoms with Crippen molar-refractivity contribution >= 4 is 11.6 Å². The zero-order valence-corrected chi connectivity index (χ0v) is 9.37. The number of fused-ring (bicyclic) bond motifs is 1. The summed E-state index contributed by atoms with van der Waals surface area (Å²) in [6, 6.07) is 2.01. The molecule has 1 fully saturated rings. The van der Waals surface area contributed by atoms with Crippen molar-refractivity contribution in [3.05, 3.63) is 18.6 Å². The maximum Gasteiger partial charge on any atom is 0.254 e. The minimum absolute atomic E-state index is 0.677. The third-order valence-corrected chi connectivity index (χ3v) is 3.24. The molecule has 1 aliphatic heterocycles. The highest BCUT2D eigenvalue weighted by atomic mass is 15.3. The molecule has 0 amide bonds. The van der Waals surface area contributed by atoms with Crippen molar-refractivity contribution in [2.24, 2.45) is 5.92 Å². The summed E-state index contributed by atoms with van der Waals surface area (Å²) >= 11 is 0.